The fourth-order valence-corrected chi connectivity index (χ4v) is 1.95. The van der Waals surface area contributed by atoms with Gasteiger partial charge in [0, 0.05) is 19.6 Å². The summed E-state index contributed by atoms with van der Waals surface area (Å²) in [6.45, 7) is 5.93. The lowest BCUT2D eigenvalue weighted by Crippen LogP contribution is -3.00. The van der Waals surface area contributed by atoms with Crippen molar-refractivity contribution in [2.45, 2.75) is 6.54 Å². The molecule has 0 radical (unpaired) electrons. The van der Waals surface area contributed by atoms with Gasteiger partial charge in [0.2, 0.25) is 0 Å². The lowest BCUT2D eigenvalue weighted by molar-refractivity contribution is -0.663. The maximum atomic E-state index is 5.14. The van der Waals surface area contributed by atoms with Gasteiger partial charge in [-0.1, -0.05) is 12.1 Å². The predicted molar refractivity (Wildman–Crippen MR) is 59.9 cm³/mol. The van der Waals surface area contributed by atoms with Crippen LogP contribution in [0.2, 0.25) is 0 Å². The van der Waals surface area contributed by atoms with E-state index in [-0.39, 0.29) is 12.4 Å². The molecule has 2 rings (SSSR count). The van der Waals surface area contributed by atoms with E-state index in [2.05, 4.69) is 22.3 Å². The Morgan fingerprint density at radius 2 is 1.81 bits per heavy atom. The van der Waals surface area contributed by atoms with Gasteiger partial charge in [0.05, 0.1) is 20.2 Å². The molecule has 0 amide bonds. The molecular formula is C12H19ClN2O. The summed E-state index contributed by atoms with van der Waals surface area (Å²) in [6.07, 6.45) is 0. The number of quaternary nitrogens is 1. The second kappa shape index (κ2) is 6.74. The molecule has 90 valence electrons. The van der Waals surface area contributed by atoms with Gasteiger partial charge in [-0.15, -0.1) is 0 Å². The average molecular weight is 243 g/mol. The molecule has 2 N–H and O–H groups in total. The monoisotopic (exact) mass is 242 g/mol. The molecule has 1 aromatic rings. The minimum atomic E-state index is 0. The zero-order valence-corrected chi connectivity index (χ0v) is 10.4. The molecular weight excluding hydrogens is 224 g/mol. The summed E-state index contributed by atoms with van der Waals surface area (Å²) in [5.41, 5.74) is 1.37. The van der Waals surface area contributed by atoms with Gasteiger partial charge in [0.1, 0.15) is 5.75 Å². The summed E-state index contributed by atoms with van der Waals surface area (Å²) in [6, 6.07) is 8.37. The molecule has 1 aliphatic heterocycles. The van der Waals surface area contributed by atoms with Crippen LogP contribution in [0.5, 0.6) is 5.75 Å². The number of benzene rings is 1. The fourth-order valence-electron chi connectivity index (χ4n) is 1.95. The molecule has 0 saturated carbocycles. The Balaban J connectivity index is 0.00000128. The van der Waals surface area contributed by atoms with E-state index in [1.165, 1.54) is 31.7 Å². The van der Waals surface area contributed by atoms with Gasteiger partial charge in [0.25, 0.3) is 0 Å². The Bertz CT molecular complexity index is 296. The van der Waals surface area contributed by atoms with E-state index >= 15 is 0 Å². The molecule has 3 nitrogen and oxygen atoms in total. The summed E-state index contributed by atoms with van der Waals surface area (Å²) < 4.78 is 5.14. The van der Waals surface area contributed by atoms with Crippen molar-refractivity contribution in [2.75, 3.05) is 33.3 Å². The normalized spacial score (nSPS) is 16.6. The quantitative estimate of drug-likeness (QED) is 0.616. The summed E-state index contributed by atoms with van der Waals surface area (Å²) in [5, 5.41) is 2.38. The third kappa shape index (κ3) is 3.67. The third-order valence-electron chi connectivity index (χ3n) is 2.86. The van der Waals surface area contributed by atoms with Gasteiger partial charge in [-0.05, 0) is 17.7 Å². The van der Waals surface area contributed by atoms with E-state index in [1.807, 2.05) is 12.1 Å². The number of rotatable bonds is 3. The molecule has 4 heteroatoms. The highest BCUT2D eigenvalue weighted by molar-refractivity contribution is 5.27. The number of piperazine rings is 1. The van der Waals surface area contributed by atoms with Crippen molar-refractivity contribution in [3.63, 3.8) is 0 Å². The number of ether oxygens (including phenoxy) is 1. The first-order valence-corrected chi connectivity index (χ1v) is 5.55. The van der Waals surface area contributed by atoms with Gasteiger partial charge in [-0.3, -0.25) is 4.90 Å². The van der Waals surface area contributed by atoms with Crippen LogP contribution in [0.25, 0.3) is 0 Å². The highest BCUT2D eigenvalue weighted by atomic mass is 35.5. The van der Waals surface area contributed by atoms with E-state index in [4.69, 9.17) is 4.74 Å². The van der Waals surface area contributed by atoms with Gasteiger partial charge < -0.3 is 22.5 Å². The van der Waals surface area contributed by atoms with Gasteiger partial charge >= 0.3 is 0 Å². The number of hydrogen-bond donors (Lipinski definition) is 1. The zero-order valence-electron chi connectivity index (χ0n) is 9.66. The number of methoxy groups -OCH3 is 1. The molecule has 1 aliphatic rings. The molecule has 1 aromatic carbocycles. The topological polar surface area (TPSA) is 29.1 Å². The Morgan fingerprint density at radius 3 is 2.38 bits per heavy atom. The van der Waals surface area contributed by atoms with Crippen LogP contribution < -0.4 is 22.5 Å². The molecule has 16 heavy (non-hydrogen) atoms. The minimum Gasteiger partial charge on any atom is -1.00 e. The van der Waals surface area contributed by atoms with Crippen molar-refractivity contribution in [1.82, 2.24) is 4.90 Å². The Hall–Kier alpha value is -0.770. The van der Waals surface area contributed by atoms with Crippen molar-refractivity contribution in [2.24, 2.45) is 0 Å². The Labute approximate surface area is 103 Å². The van der Waals surface area contributed by atoms with Crippen molar-refractivity contribution >= 4 is 0 Å². The molecule has 1 fully saturated rings. The lowest BCUT2D eigenvalue weighted by Gasteiger charge is -2.24. The van der Waals surface area contributed by atoms with E-state index in [1.54, 1.807) is 7.11 Å². The Morgan fingerprint density at radius 1 is 1.19 bits per heavy atom. The first-order chi connectivity index (χ1) is 7.38. The van der Waals surface area contributed by atoms with E-state index in [9.17, 15) is 0 Å². The van der Waals surface area contributed by atoms with Crippen molar-refractivity contribution in [3.05, 3.63) is 29.8 Å². The molecule has 1 saturated heterocycles. The predicted octanol–water partition coefficient (Wildman–Crippen LogP) is -2.92. The van der Waals surface area contributed by atoms with Crippen LogP contribution in [-0.2, 0) is 6.54 Å². The van der Waals surface area contributed by atoms with Crippen molar-refractivity contribution < 1.29 is 22.5 Å². The van der Waals surface area contributed by atoms with Crippen LogP contribution in [0.3, 0.4) is 0 Å². The van der Waals surface area contributed by atoms with Gasteiger partial charge in [-0.2, -0.15) is 0 Å². The van der Waals surface area contributed by atoms with Crippen LogP contribution in [-0.4, -0.2) is 38.2 Å². The molecule has 0 aliphatic carbocycles. The first-order valence-electron chi connectivity index (χ1n) is 5.55. The van der Waals surface area contributed by atoms with Crippen LogP contribution in [0.15, 0.2) is 24.3 Å². The minimum absolute atomic E-state index is 0. The van der Waals surface area contributed by atoms with E-state index < -0.39 is 0 Å². The second-order valence-electron chi connectivity index (χ2n) is 3.99. The first kappa shape index (κ1) is 13.3. The van der Waals surface area contributed by atoms with E-state index in [0.29, 0.717) is 0 Å². The number of nitrogens with zero attached hydrogens (tertiary/aromatic N) is 1. The van der Waals surface area contributed by atoms with Gasteiger partial charge in [0.15, 0.2) is 0 Å². The van der Waals surface area contributed by atoms with Gasteiger partial charge in [-0.25, -0.2) is 0 Å². The summed E-state index contributed by atoms with van der Waals surface area (Å²) >= 11 is 0. The number of hydrogen-bond acceptors (Lipinski definition) is 2. The zero-order chi connectivity index (χ0) is 10.5. The number of nitrogens with two attached hydrogens (primary N) is 1. The summed E-state index contributed by atoms with van der Waals surface area (Å²) in [4.78, 5) is 2.50. The molecule has 0 spiro atoms. The molecule has 1 heterocycles. The Kier molecular flexibility index (Phi) is 5.60. The second-order valence-corrected chi connectivity index (χ2v) is 3.99. The molecule has 0 atom stereocenters. The molecule has 0 bridgehead atoms. The van der Waals surface area contributed by atoms with Crippen molar-refractivity contribution in [3.8, 4) is 5.75 Å². The summed E-state index contributed by atoms with van der Waals surface area (Å²) in [5.74, 6) is 0.936. The largest absolute Gasteiger partial charge is 1.00 e. The maximum Gasteiger partial charge on any atom is 0.118 e. The summed E-state index contributed by atoms with van der Waals surface area (Å²) in [7, 11) is 1.70. The number of halogens is 1. The van der Waals surface area contributed by atoms with Crippen LogP contribution >= 0.6 is 0 Å². The van der Waals surface area contributed by atoms with Crippen LogP contribution in [0, 0.1) is 0 Å². The maximum absolute atomic E-state index is 5.14. The fraction of sp³-hybridized carbons (Fsp3) is 0.500. The highest BCUT2D eigenvalue weighted by Crippen LogP contribution is 2.12. The third-order valence-corrected chi connectivity index (χ3v) is 2.86. The smallest absolute Gasteiger partial charge is 0.118 e. The van der Waals surface area contributed by atoms with Crippen LogP contribution in [0.4, 0.5) is 0 Å². The van der Waals surface area contributed by atoms with Crippen molar-refractivity contribution in [1.29, 1.82) is 0 Å². The average Bonchev–Trinajstić information content (AvgIpc) is 2.31. The highest BCUT2D eigenvalue weighted by Gasteiger charge is 2.11. The van der Waals surface area contributed by atoms with E-state index in [0.717, 1.165) is 12.3 Å². The molecule has 0 unspecified atom stereocenters. The molecule has 0 aromatic heterocycles. The van der Waals surface area contributed by atoms with Crippen LogP contribution in [0.1, 0.15) is 5.56 Å². The SMILES string of the molecule is COc1ccc(CN2CC[NH2+]CC2)cc1.[Cl-]. The standard InChI is InChI=1S/C12H18N2O.ClH/c1-15-12-4-2-11(3-5-12)10-14-8-6-13-7-9-14;/h2-5,13H,6-10H2,1H3;1H. The lowest BCUT2D eigenvalue weighted by atomic mass is 10.2.